The third-order valence-electron chi connectivity index (χ3n) is 5.41. The van der Waals surface area contributed by atoms with E-state index in [0.29, 0.717) is 0 Å². The predicted octanol–water partition coefficient (Wildman–Crippen LogP) is 1.35. The Morgan fingerprint density at radius 3 is 2.42 bits per heavy atom. The molecular weight excluding hydrogens is 146 g/mol. The van der Waals surface area contributed by atoms with E-state index in [1.54, 1.807) is 12.8 Å². The van der Waals surface area contributed by atoms with E-state index in [0.717, 1.165) is 5.92 Å². The molecule has 5 fully saturated rings. The first-order valence-electron chi connectivity index (χ1n) is 5.56. The minimum absolute atomic E-state index is 1.07. The van der Waals surface area contributed by atoms with Gasteiger partial charge in [0, 0.05) is 0 Å². The van der Waals surface area contributed by atoms with Crippen molar-refractivity contribution in [2.75, 3.05) is 13.6 Å². The normalized spacial score (nSPS) is 69.2. The van der Waals surface area contributed by atoms with Crippen molar-refractivity contribution in [3.63, 3.8) is 0 Å². The van der Waals surface area contributed by atoms with Gasteiger partial charge in [-0.15, -0.1) is 0 Å². The highest BCUT2D eigenvalue weighted by Crippen LogP contribution is 2.81. The lowest BCUT2D eigenvalue weighted by atomic mass is 9.88. The molecule has 66 valence electrons. The van der Waals surface area contributed by atoms with Gasteiger partial charge in [0.05, 0.1) is 0 Å². The van der Waals surface area contributed by atoms with Crippen LogP contribution in [0.1, 0.15) is 12.8 Å². The standard InChI is InChI=1S/C11H17N/c1-12-4-5-2-6-7-3-8-10(6)11(8)9(5)7/h5-12H,2-4H2,1H3. The smallest absolute Gasteiger partial charge is 0.00206 e. The molecule has 5 aliphatic rings. The molecule has 0 aromatic carbocycles. The van der Waals surface area contributed by atoms with Crippen molar-refractivity contribution < 1.29 is 0 Å². The zero-order valence-electron chi connectivity index (χ0n) is 7.66. The monoisotopic (exact) mass is 163 g/mol. The van der Waals surface area contributed by atoms with Crippen LogP contribution in [-0.2, 0) is 0 Å². The molecule has 5 aliphatic carbocycles. The van der Waals surface area contributed by atoms with E-state index < -0.39 is 0 Å². The highest BCUT2D eigenvalue weighted by Gasteiger charge is 2.77. The average molecular weight is 163 g/mol. The molecule has 0 saturated heterocycles. The Morgan fingerprint density at radius 2 is 1.83 bits per heavy atom. The lowest BCUT2D eigenvalue weighted by molar-refractivity contribution is 0.303. The maximum atomic E-state index is 3.37. The SMILES string of the molecule is CNCC1CC2C3CC4C2C4C13. The maximum absolute atomic E-state index is 3.37. The largest absolute Gasteiger partial charge is 0.319 e. The van der Waals surface area contributed by atoms with Crippen LogP contribution in [0.3, 0.4) is 0 Å². The van der Waals surface area contributed by atoms with Crippen LogP contribution < -0.4 is 5.32 Å². The lowest BCUT2D eigenvalue weighted by Gasteiger charge is -2.20. The van der Waals surface area contributed by atoms with Gasteiger partial charge in [-0.3, -0.25) is 0 Å². The van der Waals surface area contributed by atoms with Crippen LogP contribution in [0.4, 0.5) is 0 Å². The second kappa shape index (κ2) is 1.75. The molecule has 7 atom stereocenters. The highest BCUT2D eigenvalue weighted by molar-refractivity contribution is 5.24. The summed E-state index contributed by atoms with van der Waals surface area (Å²) in [6.07, 6.45) is 3.21. The van der Waals surface area contributed by atoms with Gasteiger partial charge in [0.2, 0.25) is 0 Å². The van der Waals surface area contributed by atoms with E-state index >= 15 is 0 Å². The van der Waals surface area contributed by atoms with Crippen molar-refractivity contribution in [3.8, 4) is 0 Å². The Bertz CT molecular complexity index is 237. The van der Waals surface area contributed by atoms with Crippen LogP contribution in [-0.4, -0.2) is 13.6 Å². The zero-order valence-corrected chi connectivity index (χ0v) is 7.66. The van der Waals surface area contributed by atoms with Crippen LogP contribution in [0, 0.1) is 41.4 Å². The van der Waals surface area contributed by atoms with Gasteiger partial charge >= 0.3 is 0 Å². The van der Waals surface area contributed by atoms with Crippen LogP contribution in [0.5, 0.6) is 0 Å². The molecule has 0 aliphatic heterocycles. The molecule has 7 unspecified atom stereocenters. The van der Waals surface area contributed by atoms with E-state index in [9.17, 15) is 0 Å². The fourth-order valence-electron chi connectivity index (χ4n) is 5.37. The van der Waals surface area contributed by atoms with Crippen molar-refractivity contribution in [2.45, 2.75) is 12.8 Å². The highest BCUT2D eigenvalue weighted by atomic mass is 14.9. The van der Waals surface area contributed by atoms with Crippen LogP contribution >= 0.6 is 0 Å². The summed E-state index contributed by atoms with van der Waals surface area (Å²) in [6.45, 7) is 1.30. The Balaban J connectivity index is 1.66. The summed E-state index contributed by atoms with van der Waals surface area (Å²) in [5.41, 5.74) is 0. The van der Waals surface area contributed by atoms with E-state index in [4.69, 9.17) is 0 Å². The quantitative estimate of drug-likeness (QED) is 0.648. The molecule has 0 radical (unpaired) electrons. The van der Waals surface area contributed by atoms with E-state index in [2.05, 4.69) is 12.4 Å². The van der Waals surface area contributed by atoms with Crippen molar-refractivity contribution >= 4 is 0 Å². The molecule has 1 heteroatoms. The van der Waals surface area contributed by atoms with Crippen LogP contribution in [0.2, 0.25) is 0 Å². The minimum atomic E-state index is 1.07. The van der Waals surface area contributed by atoms with Crippen molar-refractivity contribution in [2.24, 2.45) is 41.4 Å². The van der Waals surface area contributed by atoms with Gasteiger partial charge in [0.1, 0.15) is 0 Å². The first kappa shape index (κ1) is 6.42. The number of nitrogens with one attached hydrogen (secondary N) is 1. The predicted molar refractivity (Wildman–Crippen MR) is 47.6 cm³/mol. The molecule has 1 N–H and O–H groups in total. The molecule has 0 aromatic heterocycles. The molecule has 0 amide bonds. The van der Waals surface area contributed by atoms with Gasteiger partial charge in [0.25, 0.3) is 0 Å². The molecular formula is C11H17N. The van der Waals surface area contributed by atoms with Gasteiger partial charge in [-0.1, -0.05) is 0 Å². The molecule has 0 aromatic rings. The first-order chi connectivity index (χ1) is 5.92. The summed E-state index contributed by atoms with van der Waals surface area (Å²) < 4.78 is 0. The summed E-state index contributed by atoms with van der Waals surface area (Å²) in [5, 5.41) is 3.37. The van der Waals surface area contributed by atoms with Gasteiger partial charge in [-0.25, -0.2) is 0 Å². The Hall–Kier alpha value is -0.0400. The minimum Gasteiger partial charge on any atom is -0.319 e. The maximum Gasteiger partial charge on any atom is -0.00206 e. The Morgan fingerprint density at radius 1 is 1.00 bits per heavy atom. The third kappa shape index (κ3) is 0.477. The molecule has 1 nitrogen and oxygen atoms in total. The molecule has 5 saturated carbocycles. The van der Waals surface area contributed by atoms with Crippen molar-refractivity contribution in [1.29, 1.82) is 0 Å². The second-order valence-corrected chi connectivity index (χ2v) is 5.51. The van der Waals surface area contributed by atoms with Crippen LogP contribution in [0.15, 0.2) is 0 Å². The first-order valence-corrected chi connectivity index (χ1v) is 5.56. The fraction of sp³-hybridized carbons (Fsp3) is 1.00. The topological polar surface area (TPSA) is 12.0 Å². The van der Waals surface area contributed by atoms with Crippen molar-refractivity contribution in [1.82, 2.24) is 5.32 Å². The van der Waals surface area contributed by atoms with E-state index in [1.807, 2.05) is 0 Å². The lowest BCUT2D eigenvalue weighted by Crippen LogP contribution is -2.25. The zero-order chi connectivity index (χ0) is 7.87. The summed E-state index contributed by atoms with van der Waals surface area (Å²) in [7, 11) is 2.11. The number of hydrogen-bond donors (Lipinski definition) is 1. The Kier molecular flexibility index (Phi) is 0.934. The van der Waals surface area contributed by atoms with Gasteiger partial charge in [0.15, 0.2) is 0 Å². The molecule has 12 heavy (non-hydrogen) atoms. The third-order valence-corrected chi connectivity index (χ3v) is 5.41. The molecule has 0 spiro atoms. The second-order valence-electron chi connectivity index (χ2n) is 5.51. The summed E-state index contributed by atoms with van der Waals surface area (Å²) in [4.78, 5) is 0. The molecule has 6 bridgehead atoms. The van der Waals surface area contributed by atoms with E-state index in [-0.39, 0.29) is 0 Å². The number of rotatable bonds is 2. The van der Waals surface area contributed by atoms with Gasteiger partial charge < -0.3 is 5.32 Å². The Labute approximate surface area is 73.9 Å². The summed E-state index contributed by atoms with van der Waals surface area (Å²) in [6, 6.07) is 0. The molecule has 0 heterocycles. The van der Waals surface area contributed by atoms with E-state index in [1.165, 1.54) is 42.1 Å². The average Bonchev–Trinajstić information content (AvgIpc) is 2.48. The fourth-order valence-corrected chi connectivity index (χ4v) is 5.37. The summed E-state index contributed by atoms with van der Waals surface area (Å²) >= 11 is 0. The van der Waals surface area contributed by atoms with Crippen LogP contribution in [0.25, 0.3) is 0 Å². The van der Waals surface area contributed by atoms with Gasteiger partial charge in [-0.2, -0.15) is 0 Å². The summed E-state index contributed by atoms with van der Waals surface area (Å²) in [5.74, 6) is 8.34. The van der Waals surface area contributed by atoms with Gasteiger partial charge in [-0.05, 0) is 67.9 Å². The molecule has 5 rings (SSSR count). The van der Waals surface area contributed by atoms with Crippen molar-refractivity contribution in [3.05, 3.63) is 0 Å². The number of hydrogen-bond acceptors (Lipinski definition) is 1.